The molecule has 2 aromatic heterocycles. The molecule has 1 aromatic carbocycles. The highest BCUT2D eigenvalue weighted by Gasteiger charge is 2.27. The van der Waals surface area contributed by atoms with Crippen LogP contribution in [0.3, 0.4) is 0 Å². The molecule has 4 rings (SSSR count). The van der Waals surface area contributed by atoms with Crippen molar-refractivity contribution in [2.24, 2.45) is 0 Å². The summed E-state index contributed by atoms with van der Waals surface area (Å²) >= 11 is 0. The van der Waals surface area contributed by atoms with E-state index in [9.17, 15) is 4.79 Å². The number of hydrogen-bond donors (Lipinski definition) is 0. The average molecular weight is 350 g/mol. The Morgan fingerprint density at radius 3 is 2.58 bits per heavy atom. The first-order valence-electron chi connectivity index (χ1n) is 8.89. The lowest BCUT2D eigenvalue weighted by Gasteiger charge is -2.31. The van der Waals surface area contributed by atoms with Gasteiger partial charge in [-0.2, -0.15) is 10.2 Å². The fraction of sp³-hybridized carbons (Fsp3) is 0.368. The molecule has 3 aromatic rings. The lowest BCUT2D eigenvalue weighted by molar-refractivity contribution is 0.0689. The van der Waals surface area contributed by atoms with E-state index < -0.39 is 0 Å². The van der Waals surface area contributed by atoms with Gasteiger partial charge in [-0.15, -0.1) is 0 Å². The van der Waals surface area contributed by atoms with Gasteiger partial charge in [-0.1, -0.05) is 18.2 Å². The molecule has 0 radical (unpaired) electrons. The molecular weight excluding hydrogens is 328 g/mol. The predicted octanol–water partition coefficient (Wildman–Crippen LogP) is 2.56. The minimum Gasteiger partial charge on any atom is -0.338 e. The zero-order valence-corrected chi connectivity index (χ0v) is 15.0. The summed E-state index contributed by atoms with van der Waals surface area (Å²) < 4.78 is 3.74. The van der Waals surface area contributed by atoms with Crippen LogP contribution in [-0.2, 0) is 0 Å². The second-order valence-corrected chi connectivity index (χ2v) is 6.74. The summed E-state index contributed by atoms with van der Waals surface area (Å²) in [5, 5.41) is 8.68. The third-order valence-electron chi connectivity index (χ3n) is 5.15. The minimum absolute atomic E-state index is 0.0550. The highest BCUT2D eigenvalue weighted by atomic mass is 16.2. The Morgan fingerprint density at radius 2 is 1.88 bits per heavy atom. The number of para-hydroxylation sites is 1. The number of hydrogen-bond acceptors (Lipinski definition) is 4. The van der Waals surface area contributed by atoms with Gasteiger partial charge in [0, 0.05) is 13.1 Å². The number of aromatic nitrogens is 5. The van der Waals surface area contributed by atoms with Crippen LogP contribution < -0.4 is 0 Å². The second-order valence-electron chi connectivity index (χ2n) is 6.74. The van der Waals surface area contributed by atoms with Crippen LogP contribution in [0.4, 0.5) is 0 Å². The largest absolute Gasteiger partial charge is 0.338 e. The summed E-state index contributed by atoms with van der Waals surface area (Å²) in [6.07, 6.45) is 6.77. The summed E-state index contributed by atoms with van der Waals surface area (Å²) in [6.45, 7) is 5.44. The molecule has 26 heavy (non-hydrogen) atoms. The Hall–Kier alpha value is -2.96. The van der Waals surface area contributed by atoms with E-state index in [4.69, 9.17) is 0 Å². The summed E-state index contributed by atoms with van der Waals surface area (Å²) in [5.41, 5.74) is 3.69. The van der Waals surface area contributed by atoms with Crippen LogP contribution in [0.1, 0.15) is 40.5 Å². The summed E-state index contributed by atoms with van der Waals surface area (Å²) in [4.78, 5) is 18.9. The van der Waals surface area contributed by atoms with Gasteiger partial charge in [-0.05, 0) is 38.3 Å². The Labute approximate surface area is 152 Å². The van der Waals surface area contributed by atoms with Gasteiger partial charge in [0.25, 0.3) is 5.91 Å². The van der Waals surface area contributed by atoms with E-state index in [1.807, 2.05) is 52.4 Å². The molecule has 0 saturated carbocycles. The number of nitrogens with zero attached hydrogens (tertiary/aromatic N) is 6. The first kappa shape index (κ1) is 16.5. The third-order valence-corrected chi connectivity index (χ3v) is 5.15. The van der Waals surface area contributed by atoms with E-state index in [-0.39, 0.29) is 5.91 Å². The molecule has 1 aliphatic heterocycles. The fourth-order valence-corrected chi connectivity index (χ4v) is 3.57. The van der Waals surface area contributed by atoms with Crippen molar-refractivity contribution >= 4 is 5.91 Å². The molecule has 0 spiro atoms. The van der Waals surface area contributed by atoms with Gasteiger partial charge in [-0.3, -0.25) is 4.79 Å². The summed E-state index contributed by atoms with van der Waals surface area (Å²) in [5.74, 6) is 0.0550. The lowest BCUT2D eigenvalue weighted by atomic mass is 10.0. The number of likely N-dealkylation sites (tertiary alicyclic amines) is 1. The van der Waals surface area contributed by atoms with E-state index in [2.05, 4.69) is 15.2 Å². The maximum absolute atomic E-state index is 13.0. The van der Waals surface area contributed by atoms with Crippen molar-refractivity contribution in [1.82, 2.24) is 29.4 Å². The molecule has 0 aliphatic carbocycles. The standard InChI is InChI=1S/C19H22N6O/c1-14-5-3-4-6-18(14)25-15(2)17(11-21-25)19(26)23-9-7-16(8-10-23)24-13-20-12-22-24/h3-6,11-13,16H,7-10H2,1-2H3. The normalized spacial score (nSPS) is 15.4. The highest BCUT2D eigenvalue weighted by Crippen LogP contribution is 2.24. The van der Waals surface area contributed by atoms with Crippen molar-refractivity contribution in [2.75, 3.05) is 13.1 Å². The van der Waals surface area contributed by atoms with E-state index in [0.29, 0.717) is 11.6 Å². The molecule has 134 valence electrons. The van der Waals surface area contributed by atoms with Crippen LogP contribution in [0, 0.1) is 13.8 Å². The van der Waals surface area contributed by atoms with Crippen molar-refractivity contribution < 1.29 is 4.79 Å². The lowest BCUT2D eigenvalue weighted by Crippen LogP contribution is -2.39. The number of aryl methyl sites for hydroxylation is 1. The molecule has 1 amide bonds. The van der Waals surface area contributed by atoms with E-state index in [0.717, 1.165) is 42.9 Å². The first-order chi connectivity index (χ1) is 12.6. The van der Waals surface area contributed by atoms with Gasteiger partial charge in [0.05, 0.1) is 29.2 Å². The summed E-state index contributed by atoms with van der Waals surface area (Å²) in [7, 11) is 0. The maximum Gasteiger partial charge on any atom is 0.257 e. The minimum atomic E-state index is 0.0550. The van der Waals surface area contributed by atoms with Gasteiger partial charge in [-0.25, -0.2) is 14.3 Å². The molecule has 7 heteroatoms. The van der Waals surface area contributed by atoms with Gasteiger partial charge in [0.1, 0.15) is 12.7 Å². The smallest absolute Gasteiger partial charge is 0.257 e. The van der Waals surface area contributed by atoms with Crippen LogP contribution in [0.15, 0.2) is 43.1 Å². The average Bonchev–Trinajstić information content (AvgIpc) is 3.32. The molecule has 3 heterocycles. The van der Waals surface area contributed by atoms with Gasteiger partial charge < -0.3 is 4.90 Å². The van der Waals surface area contributed by atoms with Gasteiger partial charge in [0.2, 0.25) is 0 Å². The monoisotopic (exact) mass is 350 g/mol. The van der Waals surface area contributed by atoms with Crippen molar-refractivity contribution in [3.63, 3.8) is 0 Å². The van der Waals surface area contributed by atoms with E-state index >= 15 is 0 Å². The molecule has 7 nitrogen and oxygen atoms in total. The summed E-state index contributed by atoms with van der Waals surface area (Å²) in [6, 6.07) is 8.38. The molecule has 1 fully saturated rings. The van der Waals surface area contributed by atoms with Crippen LogP contribution >= 0.6 is 0 Å². The molecule has 0 N–H and O–H groups in total. The van der Waals surface area contributed by atoms with Crippen molar-refractivity contribution in [3.05, 3.63) is 59.9 Å². The zero-order chi connectivity index (χ0) is 18.1. The van der Waals surface area contributed by atoms with Crippen molar-refractivity contribution in [3.8, 4) is 5.69 Å². The number of rotatable bonds is 3. The third kappa shape index (κ3) is 2.89. The van der Waals surface area contributed by atoms with Gasteiger partial charge >= 0.3 is 0 Å². The Kier molecular flexibility index (Phi) is 4.28. The molecular formula is C19H22N6O. The molecule has 0 atom stereocenters. The molecule has 0 unspecified atom stereocenters. The molecule has 0 bridgehead atoms. The molecule has 1 saturated heterocycles. The van der Waals surface area contributed by atoms with Crippen molar-refractivity contribution in [1.29, 1.82) is 0 Å². The van der Waals surface area contributed by atoms with E-state index in [1.165, 1.54) is 0 Å². The predicted molar refractivity (Wildman–Crippen MR) is 97.2 cm³/mol. The Balaban J connectivity index is 1.50. The van der Waals surface area contributed by atoms with Gasteiger partial charge in [0.15, 0.2) is 0 Å². The SMILES string of the molecule is Cc1ccccc1-n1ncc(C(=O)N2CCC(n3cncn3)CC2)c1C. The highest BCUT2D eigenvalue weighted by molar-refractivity contribution is 5.95. The topological polar surface area (TPSA) is 68.8 Å². The number of piperidine rings is 1. The zero-order valence-electron chi connectivity index (χ0n) is 15.0. The number of carbonyl (C=O) groups excluding carboxylic acids is 1. The van der Waals surface area contributed by atoms with Crippen LogP contribution in [0.5, 0.6) is 0 Å². The molecule has 1 aliphatic rings. The van der Waals surface area contributed by atoms with Crippen LogP contribution in [0.2, 0.25) is 0 Å². The maximum atomic E-state index is 13.0. The Morgan fingerprint density at radius 1 is 1.12 bits per heavy atom. The van der Waals surface area contributed by atoms with Crippen molar-refractivity contribution in [2.45, 2.75) is 32.7 Å². The van der Waals surface area contributed by atoms with Crippen LogP contribution in [-0.4, -0.2) is 48.4 Å². The second kappa shape index (κ2) is 6.74. The number of amides is 1. The first-order valence-corrected chi connectivity index (χ1v) is 8.89. The van der Waals surface area contributed by atoms with E-state index in [1.54, 1.807) is 18.9 Å². The number of benzene rings is 1. The van der Waals surface area contributed by atoms with Crippen LogP contribution in [0.25, 0.3) is 5.69 Å². The Bertz CT molecular complexity index is 906. The fourth-order valence-electron chi connectivity index (χ4n) is 3.57. The quantitative estimate of drug-likeness (QED) is 0.728. The number of carbonyl (C=O) groups is 1.